The molecule has 1 saturated heterocycles. The van der Waals surface area contributed by atoms with Gasteiger partial charge in [0.25, 0.3) is 0 Å². The summed E-state index contributed by atoms with van der Waals surface area (Å²) < 4.78 is 48.3. The molecule has 1 fully saturated rings. The molecule has 2 nitrogen and oxygen atoms in total. The summed E-state index contributed by atoms with van der Waals surface area (Å²) in [6, 6.07) is 5.06. The molecule has 18 heavy (non-hydrogen) atoms. The molecule has 1 aliphatic rings. The number of hydrogen-bond acceptors (Lipinski definition) is 2. The van der Waals surface area contributed by atoms with Gasteiger partial charge in [0.05, 0.1) is 13.2 Å². The average molecular weight is 284 g/mol. The van der Waals surface area contributed by atoms with Gasteiger partial charge in [0.15, 0.2) is 0 Å². The quantitative estimate of drug-likeness (QED) is 0.684. The molecule has 0 amide bonds. The van der Waals surface area contributed by atoms with E-state index < -0.39 is 12.4 Å². The molecule has 1 heterocycles. The van der Waals surface area contributed by atoms with Crippen LogP contribution in [0.25, 0.3) is 0 Å². The zero-order valence-electron chi connectivity index (χ0n) is 10.2. The van der Waals surface area contributed by atoms with Crippen molar-refractivity contribution in [3.05, 3.63) is 24.3 Å². The van der Waals surface area contributed by atoms with Crippen LogP contribution in [0, 0.1) is 0 Å². The minimum Gasteiger partial charge on any atom is -0.490 e. The van der Waals surface area contributed by atoms with Gasteiger partial charge in [-0.25, -0.2) is 0 Å². The number of ether oxygens (including phenoxy) is 2. The van der Waals surface area contributed by atoms with E-state index in [-0.39, 0.29) is 63.2 Å². The Morgan fingerprint density at radius 3 is 2.44 bits per heavy atom. The molecule has 0 bridgehead atoms. The second kappa shape index (κ2) is 7.31. The Kier molecular flexibility index (Phi) is 6.71. The van der Waals surface area contributed by atoms with E-state index in [0.29, 0.717) is 13.2 Å². The van der Waals surface area contributed by atoms with Gasteiger partial charge in [0.2, 0.25) is 0 Å². The first-order chi connectivity index (χ1) is 8.05. The smallest absolute Gasteiger partial charge is 0.490 e. The summed E-state index contributed by atoms with van der Waals surface area (Å²) in [4.78, 5) is 0. The average Bonchev–Trinajstić information content (AvgIpc) is 2.29. The predicted molar refractivity (Wildman–Crippen MR) is 59.6 cm³/mol. The fourth-order valence-electron chi connectivity index (χ4n) is 1.78. The van der Waals surface area contributed by atoms with Crippen LogP contribution in [0.1, 0.15) is 12.8 Å². The first-order valence-corrected chi connectivity index (χ1v) is 5.60. The molecular weight excluding hydrogens is 271 g/mol. The van der Waals surface area contributed by atoms with E-state index >= 15 is 0 Å². The molecule has 0 spiro atoms. The van der Waals surface area contributed by atoms with Crippen molar-refractivity contribution >= 4 is 12.4 Å². The third-order valence-corrected chi connectivity index (χ3v) is 2.71. The fraction of sp³-hybridized carbons (Fsp3) is 0.455. The second-order valence-corrected chi connectivity index (χ2v) is 4.08. The summed E-state index contributed by atoms with van der Waals surface area (Å²) in [6.45, 7) is -3.75. The topological polar surface area (TPSA) is 18.5 Å². The summed E-state index contributed by atoms with van der Waals surface area (Å²) in [6.07, 6.45) is 1.41. The van der Waals surface area contributed by atoms with Crippen molar-refractivity contribution in [1.29, 1.82) is 0 Å². The van der Waals surface area contributed by atoms with Gasteiger partial charge in [-0.2, -0.15) is 0 Å². The molecule has 0 saturated carbocycles. The Balaban J connectivity index is 0.00000162. The molecule has 7 heteroatoms. The van der Waals surface area contributed by atoms with E-state index in [2.05, 4.69) is 0 Å². The van der Waals surface area contributed by atoms with E-state index in [1.54, 1.807) is 6.07 Å². The van der Waals surface area contributed by atoms with Crippen LogP contribution in [-0.4, -0.2) is 26.3 Å². The van der Waals surface area contributed by atoms with Crippen molar-refractivity contribution in [3.63, 3.8) is 0 Å². The van der Waals surface area contributed by atoms with E-state index in [1.165, 1.54) is 6.07 Å². The van der Waals surface area contributed by atoms with Crippen LogP contribution in [0.2, 0.25) is 0 Å². The molecular formula is C11H13BF3KO2. The second-order valence-electron chi connectivity index (χ2n) is 4.08. The van der Waals surface area contributed by atoms with Crippen molar-refractivity contribution in [2.45, 2.75) is 18.9 Å². The van der Waals surface area contributed by atoms with Crippen LogP contribution < -0.4 is 61.6 Å². The molecule has 0 aromatic heterocycles. The van der Waals surface area contributed by atoms with Gasteiger partial charge in [-0.15, -0.1) is 5.46 Å². The van der Waals surface area contributed by atoms with Gasteiger partial charge in [-0.05, 0) is 12.1 Å². The molecule has 2 rings (SSSR count). The SMILES string of the molecule is F[B-](F)(F)c1cccc(OC2CCOCC2)c1.[K+]. The Labute approximate surface area is 147 Å². The van der Waals surface area contributed by atoms with Crippen LogP contribution >= 0.6 is 0 Å². The van der Waals surface area contributed by atoms with Crippen molar-refractivity contribution in [3.8, 4) is 5.75 Å². The van der Waals surface area contributed by atoms with E-state index in [0.717, 1.165) is 25.0 Å². The zero-order valence-corrected chi connectivity index (χ0v) is 13.4. The van der Waals surface area contributed by atoms with Gasteiger partial charge in [0.1, 0.15) is 11.9 Å². The zero-order chi connectivity index (χ0) is 12.3. The largest absolute Gasteiger partial charge is 1.00 e. The Bertz CT molecular complexity index is 381. The summed E-state index contributed by atoms with van der Waals surface area (Å²) in [7, 11) is 0. The molecule has 94 valence electrons. The maximum atomic E-state index is 12.5. The summed E-state index contributed by atoms with van der Waals surface area (Å²) in [5.74, 6) is 0.286. The first kappa shape index (κ1) is 16.5. The monoisotopic (exact) mass is 284 g/mol. The van der Waals surface area contributed by atoms with Gasteiger partial charge in [-0.1, -0.05) is 12.1 Å². The van der Waals surface area contributed by atoms with E-state index in [9.17, 15) is 12.9 Å². The third kappa shape index (κ3) is 4.86. The minimum absolute atomic E-state index is 0. The van der Waals surface area contributed by atoms with E-state index in [4.69, 9.17) is 9.47 Å². The summed E-state index contributed by atoms with van der Waals surface area (Å²) >= 11 is 0. The fourth-order valence-corrected chi connectivity index (χ4v) is 1.78. The molecule has 0 atom stereocenters. The minimum atomic E-state index is -4.96. The molecule has 1 aromatic carbocycles. The van der Waals surface area contributed by atoms with Crippen molar-refractivity contribution in [2.24, 2.45) is 0 Å². The normalized spacial score (nSPS) is 17.1. The van der Waals surface area contributed by atoms with Crippen LogP contribution in [0.15, 0.2) is 24.3 Å². The molecule has 0 aliphatic carbocycles. The van der Waals surface area contributed by atoms with E-state index in [1.807, 2.05) is 0 Å². The number of rotatable bonds is 3. The molecule has 0 N–H and O–H groups in total. The first-order valence-electron chi connectivity index (χ1n) is 5.60. The summed E-state index contributed by atoms with van der Waals surface area (Å²) in [5, 5.41) is 0. The van der Waals surface area contributed by atoms with Gasteiger partial charge < -0.3 is 22.4 Å². The third-order valence-electron chi connectivity index (χ3n) is 2.71. The molecule has 0 radical (unpaired) electrons. The van der Waals surface area contributed by atoms with Gasteiger partial charge >= 0.3 is 58.4 Å². The molecule has 1 aromatic rings. The van der Waals surface area contributed by atoms with Crippen molar-refractivity contribution in [2.75, 3.05) is 13.2 Å². The Hall–Kier alpha value is 0.471. The Morgan fingerprint density at radius 1 is 1.17 bits per heavy atom. The van der Waals surface area contributed by atoms with Crippen LogP contribution in [0.4, 0.5) is 12.9 Å². The molecule has 1 aliphatic heterocycles. The predicted octanol–water partition coefficient (Wildman–Crippen LogP) is -0.697. The van der Waals surface area contributed by atoms with Crippen molar-refractivity contribution in [1.82, 2.24) is 0 Å². The van der Waals surface area contributed by atoms with Gasteiger partial charge in [0, 0.05) is 12.8 Å². The Morgan fingerprint density at radius 2 is 1.83 bits per heavy atom. The number of benzene rings is 1. The van der Waals surface area contributed by atoms with Crippen LogP contribution in [0.3, 0.4) is 0 Å². The van der Waals surface area contributed by atoms with Crippen molar-refractivity contribution < 1.29 is 73.8 Å². The van der Waals surface area contributed by atoms with Crippen LogP contribution in [0.5, 0.6) is 5.75 Å². The maximum absolute atomic E-state index is 12.5. The van der Waals surface area contributed by atoms with Crippen LogP contribution in [-0.2, 0) is 4.74 Å². The van der Waals surface area contributed by atoms with Gasteiger partial charge in [-0.3, -0.25) is 0 Å². The summed E-state index contributed by atoms with van der Waals surface area (Å²) in [5.41, 5.74) is -0.616. The maximum Gasteiger partial charge on any atom is 1.00 e. The molecule has 0 unspecified atom stereocenters. The number of hydrogen-bond donors (Lipinski definition) is 0. The number of halogens is 3. The standard InChI is InChI=1S/C11H13BF3O2.K/c13-12(14,15)9-2-1-3-11(8-9)17-10-4-6-16-7-5-10;/h1-3,8,10H,4-7H2;/q-1;+1.